The SMILES string of the molecule is NCCc1c2c(nc3c(O)cccc13)CCCCN1CC3C=C4CCC=CCC=CCC=CCCN5CCC3C(CCC=C2)(C5)C41. The smallest absolute Gasteiger partial charge is 0.141 e. The van der Waals surface area contributed by atoms with Crippen molar-refractivity contribution >= 4 is 17.0 Å². The van der Waals surface area contributed by atoms with Gasteiger partial charge in [-0.3, -0.25) is 4.90 Å². The number of pyridine rings is 1. The third-order valence-corrected chi connectivity index (χ3v) is 11.7. The summed E-state index contributed by atoms with van der Waals surface area (Å²) in [5.41, 5.74) is 12.5. The highest BCUT2D eigenvalue weighted by molar-refractivity contribution is 5.90. The molecule has 2 saturated heterocycles. The Balaban J connectivity index is 1.25. The summed E-state index contributed by atoms with van der Waals surface area (Å²) < 4.78 is 0. The third-order valence-electron chi connectivity index (χ3n) is 11.7. The third kappa shape index (κ3) is 6.31. The van der Waals surface area contributed by atoms with Gasteiger partial charge in [0.2, 0.25) is 0 Å². The second-order valence-corrected chi connectivity index (χ2v) is 14.5. The molecule has 6 aliphatic rings. The van der Waals surface area contributed by atoms with Gasteiger partial charge in [0.15, 0.2) is 0 Å². The molecule has 6 unspecified atom stereocenters. The number of nitrogens with zero attached hydrogens (tertiary/aromatic N) is 3. The predicted molar refractivity (Wildman–Crippen MR) is 192 cm³/mol. The summed E-state index contributed by atoms with van der Waals surface area (Å²) in [5, 5.41) is 11.8. The minimum Gasteiger partial charge on any atom is -0.506 e. The first kappa shape index (κ1) is 31.6. The summed E-state index contributed by atoms with van der Waals surface area (Å²) in [6.45, 7) is 6.62. The average Bonchev–Trinajstić information content (AvgIpc) is 3.07. The highest BCUT2D eigenvalue weighted by Gasteiger charge is 2.58. The lowest BCUT2D eigenvalue weighted by atomic mass is 9.52. The van der Waals surface area contributed by atoms with Crippen LogP contribution in [0.1, 0.15) is 81.0 Å². The van der Waals surface area contributed by atoms with Crippen LogP contribution in [0.3, 0.4) is 0 Å². The number of phenols is 1. The minimum atomic E-state index is 0.270. The van der Waals surface area contributed by atoms with Crippen LogP contribution in [0, 0.1) is 17.3 Å². The fraction of sp³-hybridized carbons (Fsp3) is 0.537. The van der Waals surface area contributed by atoms with Crippen LogP contribution in [0.25, 0.3) is 17.0 Å². The van der Waals surface area contributed by atoms with Gasteiger partial charge in [-0.25, -0.2) is 4.98 Å². The molecule has 0 saturated carbocycles. The van der Waals surface area contributed by atoms with E-state index in [9.17, 15) is 5.11 Å². The van der Waals surface area contributed by atoms with Crippen LogP contribution in [0.5, 0.6) is 5.75 Å². The molecule has 46 heavy (non-hydrogen) atoms. The summed E-state index contributed by atoms with van der Waals surface area (Å²) in [4.78, 5) is 10.9. The molecule has 2 fully saturated rings. The highest BCUT2D eigenvalue weighted by Crippen LogP contribution is 2.57. The number of aromatic hydroxyl groups is 1. The van der Waals surface area contributed by atoms with Gasteiger partial charge < -0.3 is 15.7 Å². The largest absolute Gasteiger partial charge is 0.506 e. The molecule has 1 aliphatic carbocycles. The van der Waals surface area contributed by atoms with Crippen LogP contribution in [0.15, 0.2) is 72.4 Å². The van der Waals surface area contributed by atoms with Crippen molar-refractivity contribution in [1.82, 2.24) is 14.8 Å². The van der Waals surface area contributed by atoms with E-state index in [0.29, 0.717) is 23.9 Å². The molecule has 6 atom stereocenters. The second kappa shape index (κ2) is 14.4. The number of allylic oxidation sites excluding steroid dienone is 6. The summed E-state index contributed by atoms with van der Waals surface area (Å²) in [5.74, 6) is 1.72. The van der Waals surface area contributed by atoms with Crippen LogP contribution < -0.4 is 5.73 Å². The van der Waals surface area contributed by atoms with E-state index in [1.54, 1.807) is 11.6 Å². The van der Waals surface area contributed by atoms with Crippen molar-refractivity contribution in [2.75, 3.05) is 39.3 Å². The number of benzene rings is 1. The van der Waals surface area contributed by atoms with E-state index in [1.165, 1.54) is 63.0 Å². The molecule has 6 heterocycles. The van der Waals surface area contributed by atoms with Crippen molar-refractivity contribution in [3.05, 3.63) is 89.2 Å². The minimum absolute atomic E-state index is 0.270. The van der Waals surface area contributed by atoms with E-state index in [1.807, 2.05) is 6.07 Å². The van der Waals surface area contributed by atoms with E-state index in [4.69, 9.17) is 10.7 Å². The number of para-hydroxylation sites is 1. The normalized spacial score (nSPS) is 31.8. The molecule has 0 radical (unpaired) electrons. The van der Waals surface area contributed by atoms with Crippen molar-refractivity contribution in [2.45, 2.75) is 83.1 Å². The number of piperidine rings is 2. The lowest BCUT2D eigenvalue weighted by Gasteiger charge is -2.64. The van der Waals surface area contributed by atoms with E-state index in [-0.39, 0.29) is 5.75 Å². The summed E-state index contributed by atoms with van der Waals surface area (Å²) in [6.07, 6.45) is 35.0. The number of aromatic nitrogens is 1. The maximum Gasteiger partial charge on any atom is 0.141 e. The lowest BCUT2D eigenvalue weighted by Crippen LogP contribution is -2.68. The summed E-state index contributed by atoms with van der Waals surface area (Å²) >= 11 is 0. The van der Waals surface area contributed by atoms with Crippen molar-refractivity contribution in [2.24, 2.45) is 23.0 Å². The standard InChI is InChI=1S/C41H54N4O/c42-24-21-33-34-17-10-12-23-41-30-44-25-13-8-6-4-2-1-3-5-7-9-16-31-28-32(36(41)22-27-44)29-45(40(31)41)26-14-11-19-37(34)43-39-35(33)18-15-20-38(39)46/h1-2,5-8,10,15,17-18,20,28,32,36,40,46H,3-4,9,11-14,16,19,21-27,29-30,42H2. The first-order valence-electron chi connectivity index (χ1n) is 18.3. The molecule has 5 heteroatoms. The van der Waals surface area contributed by atoms with Crippen LogP contribution in [-0.4, -0.2) is 65.2 Å². The van der Waals surface area contributed by atoms with Gasteiger partial charge in [-0.1, -0.05) is 72.4 Å². The highest BCUT2D eigenvalue weighted by atomic mass is 16.3. The van der Waals surface area contributed by atoms with E-state index >= 15 is 0 Å². The molecular formula is C41H54N4O. The van der Waals surface area contributed by atoms with E-state index in [0.717, 1.165) is 80.4 Å². The van der Waals surface area contributed by atoms with Crippen LogP contribution in [-0.2, 0) is 12.8 Å². The van der Waals surface area contributed by atoms with Gasteiger partial charge in [0.1, 0.15) is 11.3 Å². The maximum atomic E-state index is 10.8. The molecule has 3 N–H and O–H groups in total. The van der Waals surface area contributed by atoms with E-state index in [2.05, 4.69) is 70.6 Å². The molecule has 6 bridgehead atoms. The fourth-order valence-electron chi connectivity index (χ4n) is 9.84. The molecule has 244 valence electrons. The van der Waals surface area contributed by atoms with Crippen molar-refractivity contribution in [3.8, 4) is 5.75 Å². The number of hydrogen-bond acceptors (Lipinski definition) is 5. The quantitative estimate of drug-likeness (QED) is 0.337. The Morgan fingerprint density at radius 3 is 2.63 bits per heavy atom. The molecule has 2 aromatic rings. The number of nitrogens with two attached hydrogens (primary N) is 1. The molecule has 1 spiro atoms. The summed E-state index contributed by atoms with van der Waals surface area (Å²) in [7, 11) is 0. The molecule has 5 aliphatic heterocycles. The van der Waals surface area contributed by atoms with Crippen molar-refractivity contribution in [3.63, 3.8) is 0 Å². The number of aryl methyl sites for hydroxylation is 1. The predicted octanol–water partition coefficient (Wildman–Crippen LogP) is 7.75. The topological polar surface area (TPSA) is 65.6 Å². The average molecular weight is 619 g/mol. The Bertz CT molecular complexity index is 1530. The second-order valence-electron chi connectivity index (χ2n) is 14.5. The number of rotatable bonds is 2. The van der Waals surface area contributed by atoms with Gasteiger partial charge in [-0.15, -0.1) is 0 Å². The fourth-order valence-corrected chi connectivity index (χ4v) is 9.84. The van der Waals surface area contributed by atoms with Gasteiger partial charge in [0, 0.05) is 42.2 Å². The zero-order valence-electron chi connectivity index (χ0n) is 27.8. The maximum absolute atomic E-state index is 10.8. The first-order valence-corrected chi connectivity index (χ1v) is 18.3. The molecule has 1 aromatic heterocycles. The van der Waals surface area contributed by atoms with Crippen LogP contribution >= 0.6 is 0 Å². The van der Waals surface area contributed by atoms with Crippen molar-refractivity contribution in [1.29, 1.82) is 0 Å². The Morgan fingerprint density at radius 1 is 0.913 bits per heavy atom. The van der Waals surface area contributed by atoms with E-state index < -0.39 is 0 Å². The molecule has 8 rings (SSSR count). The Hall–Kier alpha value is -2.99. The molecule has 5 nitrogen and oxygen atoms in total. The number of phenolic OH excluding ortho intramolecular Hbond substituents is 1. The lowest BCUT2D eigenvalue weighted by molar-refractivity contribution is -0.109. The molecule has 0 amide bonds. The van der Waals surface area contributed by atoms with Gasteiger partial charge in [0.25, 0.3) is 0 Å². The Kier molecular flexibility index (Phi) is 9.90. The Morgan fingerprint density at radius 2 is 1.76 bits per heavy atom. The Labute approximate surface area is 276 Å². The monoisotopic (exact) mass is 618 g/mol. The zero-order chi connectivity index (χ0) is 31.3. The van der Waals surface area contributed by atoms with Crippen LogP contribution in [0.2, 0.25) is 0 Å². The van der Waals surface area contributed by atoms with Gasteiger partial charge in [-0.05, 0) is 126 Å². The number of fused-ring (bicyclic) bond motifs is 3. The van der Waals surface area contributed by atoms with Gasteiger partial charge in [-0.2, -0.15) is 0 Å². The van der Waals surface area contributed by atoms with Gasteiger partial charge in [0.05, 0.1) is 0 Å². The molecule has 1 aromatic carbocycles. The van der Waals surface area contributed by atoms with Crippen LogP contribution in [0.4, 0.5) is 0 Å². The first-order chi connectivity index (χ1) is 22.7. The van der Waals surface area contributed by atoms with Crippen molar-refractivity contribution < 1.29 is 5.11 Å². The zero-order valence-corrected chi connectivity index (χ0v) is 27.8. The number of hydrogen-bond donors (Lipinski definition) is 2. The van der Waals surface area contributed by atoms with Gasteiger partial charge >= 0.3 is 0 Å². The molecular weight excluding hydrogens is 564 g/mol. The summed E-state index contributed by atoms with van der Waals surface area (Å²) in [6, 6.07) is 6.35.